The molecule has 0 spiro atoms. The third kappa shape index (κ3) is 16.6. The van der Waals surface area contributed by atoms with Gasteiger partial charge in [-0.15, -0.1) is 0 Å². The Hall–Kier alpha value is -3.62. The monoisotopic (exact) mass is 646 g/mol. The Balaban J connectivity index is 0. The first-order chi connectivity index (χ1) is 19.2. The second-order valence-corrected chi connectivity index (χ2v) is 10.6. The molecule has 0 heterocycles. The van der Waals surface area contributed by atoms with Crippen LogP contribution in [-0.2, 0) is 38.4 Å². The van der Waals surface area contributed by atoms with E-state index in [-0.39, 0.29) is 12.8 Å². The largest absolute Gasteiger partial charge is 0.481 e. The average molecular weight is 647 g/mol. The molecule has 0 fully saturated rings. The van der Waals surface area contributed by atoms with Crippen LogP contribution in [0.2, 0.25) is 0 Å². The first-order valence-corrected chi connectivity index (χ1v) is 14.4. The van der Waals surface area contributed by atoms with Crippen LogP contribution in [0.15, 0.2) is 0 Å². The number of thioether (sulfide) groups is 2. The van der Waals surface area contributed by atoms with Gasteiger partial charge in [-0.25, -0.2) is 19.2 Å². The molecule has 0 aromatic carbocycles. The number of carbonyl (C=O) groups is 8. The predicted octanol–water partition coefficient (Wildman–Crippen LogP) is -2.02. The number of hydrogen-bond donors (Lipinski definition) is 10. The van der Waals surface area contributed by atoms with Crippen LogP contribution < -0.4 is 10.6 Å². The maximum absolute atomic E-state index is 11.6. The Labute approximate surface area is 246 Å². The lowest BCUT2D eigenvalue weighted by Crippen LogP contribution is -2.48. The third-order valence-corrected chi connectivity index (χ3v) is 6.37. The van der Waals surface area contributed by atoms with Crippen LogP contribution >= 0.6 is 23.5 Å². The summed E-state index contributed by atoms with van der Waals surface area (Å²) in [6.07, 6.45) is -0.696. The van der Waals surface area contributed by atoms with Crippen molar-refractivity contribution in [1.29, 1.82) is 0 Å². The van der Waals surface area contributed by atoms with Gasteiger partial charge in [0, 0.05) is 0 Å². The minimum Gasteiger partial charge on any atom is -0.481 e. The number of aliphatic hydroxyl groups is 2. The summed E-state index contributed by atoms with van der Waals surface area (Å²) in [6, 6.07) is -2.46. The fourth-order valence-electron chi connectivity index (χ4n) is 2.94. The maximum atomic E-state index is 11.6. The van der Waals surface area contributed by atoms with Gasteiger partial charge in [0.05, 0.1) is 25.7 Å². The lowest BCUT2D eigenvalue weighted by Gasteiger charge is -2.22. The Bertz CT molecular complexity index is 931. The van der Waals surface area contributed by atoms with Crippen LogP contribution in [0.1, 0.15) is 38.5 Å². The molecule has 4 atom stereocenters. The van der Waals surface area contributed by atoms with E-state index in [1.165, 1.54) is 23.5 Å². The van der Waals surface area contributed by atoms with Gasteiger partial charge < -0.3 is 51.5 Å². The van der Waals surface area contributed by atoms with Gasteiger partial charge in [0.1, 0.15) is 12.1 Å². The zero-order chi connectivity index (χ0) is 33.3. The van der Waals surface area contributed by atoms with Gasteiger partial charge >= 0.3 is 35.8 Å². The van der Waals surface area contributed by atoms with Crippen LogP contribution in [0, 0.1) is 0 Å². The zero-order valence-electron chi connectivity index (χ0n) is 22.5. The number of aliphatic carboxylic acids is 6. The van der Waals surface area contributed by atoms with Crippen LogP contribution in [-0.4, -0.2) is 136 Å². The molecular weight excluding hydrogens is 612 g/mol. The van der Waals surface area contributed by atoms with Crippen molar-refractivity contribution < 1.29 is 79.2 Å². The molecule has 0 unspecified atom stereocenters. The molecule has 18 nitrogen and oxygen atoms in total. The van der Waals surface area contributed by atoms with Gasteiger partial charge in [-0.3, -0.25) is 19.2 Å². The normalized spacial score (nSPS) is 14.8. The second-order valence-electron chi connectivity index (χ2n) is 8.65. The van der Waals surface area contributed by atoms with E-state index in [1.807, 2.05) is 0 Å². The van der Waals surface area contributed by atoms with E-state index >= 15 is 0 Å². The second kappa shape index (κ2) is 19.5. The number of carboxylic acids is 6. The van der Waals surface area contributed by atoms with Crippen molar-refractivity contribution >= 4 is 71.2 Å². The molecule has 240 valence electrons. The van der Waals surface area contributed by atoms with Crippen LogP contribution in [0.5, 0.6) is 0 Å². The number of amides is 2. The van der Waals surface area contributed by atoms with Gasteiger partial charge in [0.25, 0.3) is 0 Å². The first-order valence-electron chi connectivity index (χ1n) is 11.6. The van der Waals surface area contributed by atoms with Crippen molar-refractivity contribution in [2.45, 2.75) is 61.8 Å². The fraction of sp³-hybridized carbons (Fsp3) is 0.636. The van der Waals surface area contributed by atoms with E-state index < -0.39 is 96.6 Å². The highest BCUT2D eigenvalue weighted by Crippen LogP contribution is 2.17. The Morgan fingerprint density at radius 3 is 1.05 bits per heavy atom. The Morgan fingerprint density at radius 1 is 0.571 bits per heavy atom. The first kappa shape index (κ1) is 40.5. The molecule has 0 radical (unpaired) electrons. The summed E-state index contributed by atoms with van der Waals surface area (Å²) in [5.41, 5.74) is -5.56. The van der Waals surface area contributed by atoms with E-state index in [2.05, 4.69) is 10.6 Å². The summed E-state index contributed by atoms with van der Waals surface area (Å²) in [6.45, 7) is 0. The van der Waals surface area contributed by atoms with Crippen LogP contribution in [0.25, 0.3) is 0 Å². The molecule has 0 aliphatic heterocycles. The molecule has 0 aromatic rings. The van der Waals surface area contributed by atoms with E-state index in [0.717, 1.165) is 0 Å². The third-order valence-electron chi connectivity index (χ3n) is 5.08. The summed E-state index contributed by atoms with van der Waals surface area (Å²) in [5.74, 6) is -10.7. The van der Waals surface area contributed by atoms with Crippen molar-refractivity contribution in [1.82, 2.24) is 10.6 Å². The highest BCUT2D eigenvalue weighted by Gasteiger charge is 2.42. The average Bonchev–Trinajstić information content (AvgIpc) is 2.82. The number of carboxylic acid groups (broad SMARTS) is 6. The van der Waals surface area contributed by atoms with Gasteiger partial charge in [0.15, 0.2) is 11.2 Å². The predicted molar refractivity (Wildman–Crippen MR) is 144 cm³/mol. The Morgan fingerprint density at radius 2 is 0.857 bits per heavy atom. The minimum absolute atomic E-state index is 0.118. The molecule has 0 saturated heterocycles. The molecule has 20 heteroatoms. The summed E-state index contributed by atoms with van der Waals surface area (Å²) in [5, 5.41) is 76.0. The van der Waals surface area contributed by atoms with Crippen LogP contribution in [0.3, 0.4) is 0 Å². The molecule has 0 saturated carbocycles. The van der Waals surface area contributed by atoms with E-state index in [0.29, 0.717) is 11.5 Å². The van der Waals surface area contributed by atoms with Gasteiger partial charge in [-0.1, -0.05) is 0 Å². The Kier molecular flexibility index (Phi) is 18.8. The number of carbonyl (C=O) groups excluding carboxylic acids is 2. The SMILES string of the molecule is CSCC[C@@H](NC(=O)C[C@@](O)(CC(=O)O)C(=O)O)C(=O)O.CSCC[C@H](NC(=O)C[C@](O)(CC(=O)O)C(=O)O)C(=O)O. The highest BCUT2D eigenvalue weighted by atomic mass is 32.2. The van der Waals surface area contributed by atoms with E-state index in [4.69, 9.17) is 30.6 Å². The van der Waals surface area contributed by atoms with Gasteiger partial charge in [-0.05, 0) is 36.9 Å². The zero-order valence-corrected chi connectivity index (χ0v) is 24.1. The summed E-state index contributed by atoms with van der Waals surface area (Å²) >= 11 is 2.73. The topological polar surface area (TPSA) is 322 Å². The molecule has 0 aliphatic rings. The molecule has 0 rings (SSSR count). The van der Waals surface area contributed by atoms with Crippen molar-refractivity contribution in [3.8, 4) is 0 Å². The molecule has 10 N–H and O–H groups in total. The summed E-state index contributed by atoms with van der Waals surface area (Å²) < 4.78 is 0. The van der Waals surface area contributed by atoms with Crippen molar-refractivity contribution in [3.63, 3.8) is 0 Å². The summed E-state index contributed by atoms with van der Waals surface area (Å²) in [7, 11) is 0. The number of nitrogens with one attached hydrogen (secondary N) is 2. The van der Waals surface area contributed by atoms with Crippen molar-refractivity contribution in [2.75, 3.05) is 24.0 Å². The molecule has 2 amide bonds. The van der Waals surface area contributed by atoms with Crippen LogP contribution in [0.4, 0.5) is 0 Å². The van der Waals surface area contributed by atoms with Crippen molar-refractivity contribution in [3.05, 3.63) is 0 Å². The van der Waals surface area contributed by atoms with E-state index in [1.54, 1.807) is 12.5 Å². The molecule has 0 aliphatic carbocycles. The minimum atomic E-state index is -2.78. The number of hydrogen-bond acceptors (Lipinski definition) is 12. The molecule has 42 heavy (non-hydrogen) atoms. The van der Waals surface area contributed by atoms with Gasteiger partial charge in [-0.2, -0.15) is 23.5 Å². The molecular formula is C22H34N2O16S2. The van der Waals surface area contributed by atoms with Crippen molar-refractivity contribution in [2.24, 2.45) is 0 Å². The molecule has 0 bridgehead atoms. The lowest BCUT2D eigenvalue weighted by atomic mass is 9.95. The quantitative estimate of drug-likeness (QED) is 0.0682. The number of rotatable bonds is 20. The fourth-order valence-corrected chi connectivity index (χ4v) is 3.88. The lowest BCUT2D eigenvalue weighted by molar-refractivity contribution is -0.167. The van der Waals surface area contributed by atoms with Gasteiger partial charge in [0.2, 0.25) is 11.8 Å². The summed E-state index contributed by atoms with van der Waals surface area (Å²) in [4.78, 5) is 87.9. The molecule has 0 aromatic heterocycles. The van der Waals surface area contributed by atoms with E-state index in [9.17, 15) is 48.6 Å². The maximum Gasteiger partial charge on any atom is 0.336 e. The highest BCUT2D eigenvalue weighted by molar-refractivity contribution is 7.98. The smallest absolute Gasteiger partial charge is 0.336 e. The standard InChI is InChI=1S/2C11H17NO8S/c2*1-21-3-2-6(9(16)17)12-7(13)4-11(20,10(18)19)5-8(14)15/h2*6,20H,2-5H2,1H3,(H,12,13)(H,14,15)(H,16,17)(H,18,19)/t2*6-,11-/m10/s1.